The molecule has 1 atom stereocenters. The van der Waals surface area contributed by atoms with E-state index in [-0.39, 0.29) is 6.04 Å². The summed E-state index contributed by atoms with van der Waals surface area (Å²) < 4.78 is 0. The first-order valence-electron chi connectivity index (χ1n) is 4.22. The topological polar surface area (TPSA) is 40.5 Å². The van der Waals surface area contributed by atoms with Crippen LogP contribution in [0.25, 0.3) is 0 Å². The van der Waals surface area contributed by atoms with Gasteiger partial charge in [-0.25, -0.2) is 0 Å². The van der Waals surface area contributed by atoms with Crippen molar-refractivity contribution in [3.8, 4) is 0 Å². The van der Waals surface area contributed by atoms with Gasteiger partial charge in [-0.2, -0.15) is 0 Å². The van der Waals surface area contributed by atoms with Gasteiger partial charge in [0, 0.05) is 6.54 Å². The zero-order valence-corrected chi connectivity index (χ0v) is 6.92. The van der Waals surface area contributed by atoms with Gasteiger partial charge in [0.15, 0.2) is 0 Å². The summed E-state index contributed by atoms with van der Waals surface area (Å²) in [5.74, 6) is -0.660. The molecule has 1 aliphatic rings. The second-order valence-corrected chi connectivity index (χ2v) is 3.03. The minimum Gasteiger partial charge on any atom is -0.480 e. The highest BCUT2D eigenvalue weighted by Gasteiger charge is 2.32. The summed E-state index contributed by atoms with van der Waals surface area (Å²) in [6, 6.07) is -0.179. The van der Waals surface area contributed by atoms with Crippen molar-refractivity contribution in [3.05, 3.63) is 0 Å². The number of carboxylic acids is 1. The Balaban J connectivity index is 2.20. The molecule has 1 heterocycles. The van der Waals surface area contributed by atoms with Gasteiger partial charge in [0.2, 0.25) is 0 Å². The summed E-state index contributed by atoms with van der Waals surface area (Å²) in [7, 11) is 0. The van der Waals surface area contributed by atoms with E-state index in [2.05, 4.69) is 6.92 Å². The summed E-state index contributed by atoms with van der Waals surface area (Å²) in [6.45, 7) is 4.04. The van der Waals surface area contributed by atoms with Crippen LogP contribution in [0.1, 0.15) is 26.2 Å². The molecule has 3 heteroatoms. The van der Waals surface area contributed by atoms with Crippen LogP contribution in [-0.2, 0) is 4.79 Å². The van der Waals surface area contributed by atoms with Crippen molar-refractivity contribution in [2.45, 2.75) is 32.2 Å². The highest BCUT2D eigenvalue weighted by molar-refractivity contribution is 5.74. The molecular formula is C8H15NO2. The van der Waals surface area contributed by atoms with Crippen molar-refractivity contribution >= 4 is 5.97 Å². The molecular weight excluding hydrogens is 142 g/mol. The number of hydrogen-bond acceptors (Lipinski definition) is 2. The van der Waals surface area contributed by atoms with Crippen molar-refractivity contribution in [2.24, 2.45) is 0 Å². The van der Waals surface area contributed by atoms with Crippen molar-refractivity contribution < 1.29 is 9.90 Å². The molecule has 0 saturated carbocycles. The third kappa shape index (κ3) is 1.93. The zero-order valence-electron chi connectivity index (χ0n) is 6.92. The molecule has 1 fully saturated rings. The minimum atomic E-state index is -0.660. The van der Waals surface area contributed by atoms with E-state index in [1.54, 1.807) is 0 Å². The van der Waals surface area contributed by atoms with E-state index in [1.165, 1.54) is 0 Å². The van der Waals surface area contributed by atoms with Crippen LogP contribution < -0.4 is 0 Å². The first-order chi connectivity index (χ1) is 5.25. The highest BCUT2D eigenvalue weighted by Crippen LogP contribution is 2.17. The maximum atomic E-state index is 10.5. The van der Waals surface area contributed by atoms with E-state index in [0.717, 1.165) is 32.4 Å². The predicted molar refractivity (Wildman–Crippen MR) is 42.5 cm³/mol. The molecule has 0 aromatic heterocycles. The van der Waals surface area contributed by atoms with Gasteiger partial charge in [-0.15, -0.1) is 0 Å². The van der Waals surface area contributed by atoms with Crippen LogP contribution in [0.3, 0.4) is 0 Å². The molecule has 1 saturated heterocycles. The van der Waals surface area contributed by atoms with Gasteiger partial charge < -0.3 is 5.11 Å². The number of likely N-dealkylation sites (tertiary alicyclic amines) is 1. The first kappa shape index (κ1) is 8.53. The van der Waals surface area contributed by atoms with Gasteiger partial charge in [0.1, 0.15) is 6.04 Å². The fourth-order valence-electron chi connectivity index (χ4n) is 1.35. The van der Waals surface area contributed by atoms with Crippen molar-refractivity contribution in [1.82, 2.24) is 4.90 Å². The molecule has 1 aliphatic heterocycles. The minimum absolute atomic E-state index is 0.179. The third-order valence-electron chi connectivity index (χ3n) is 2.21. The molecule has 0 amide bonds. The molecule has 0 aliphatic carbocycles. The molecule has 3 nitrogen and oxygen atoms in total. The van der Waals surface area contributed by atoms with Gasteiger partial charge >= 0.3 is 5.97 Å². The van der Waals surface area contributed by atoms with E-state index < -0.39 is 5.97 Å². The monoisotopic (exact) mass is 157 g/mol. The molecule has 0 bridgehead atoms. The van der Waals surface area contributed by atoms with E-state index in [9.17, 15) is 4.79 Å². The number of nitrogens with zero attached hydrogens (tertiary/aromatic N) is 1. The van der Waals surface area contributed by atoms with Crippen LogP contribution in [-0.4, -0.2) is 35.1 Å². The Kier molecular flexibility index (Phi) is 2.88. The lowest BCUT2D eigenvalue weighted by atomic mass is 10.0. The first-order valence-corrected chi connectivity index (χ1v) is 4.22. The number of carbonyl (C=O) groups is 1. The van der Waals surface area contributed by atoms with Crippen molar-refractivity contribution in [2.75, 3.05) is 13.1 Å². The molecule has 64 valence electrons. The van der Waals surface area contributed by atoms with Crippen LogP contribution in [0, 0.1) is 0 Å². The number of hydrogen-bond donors (Lipinski definition) is 1. The summed E-state index contributed by atoms with van der Waals surface area (Å²) >= 11 is 0. The second-order valence-electron chi connectivity index (χ2n) is 3.03. The lowest BCUT2D eigenvalue weighted by Crippen LogP contribution is -2.52. The average molecular weight is 157 g/mol. The Bertz CT molecular complexity index is 147. The van der Waals surface area contributed by atoms with E-state index >= 15 is 0 Å². The Morgan fingerprint density at radius 1 is 1.73 bits per heavy atom. The highest BCUT2D eigenvalue weighted by atomic mass is 16.4. The summed E-state index contributed by atoms with van der Waals surface area (Å²) in [4.78, 5) is 12.5. The summed E-state index contributed by atoms with van der Waals surface area (Å²) in [5.41, 5.74) is 0. The molecule has 0 spiro atoms. The number of carboxylic acid groups (broad SMARTS) is 1. The normalized spacial score (nSPS) is 24.6. The van der Waals surface area contributed by atoms with E-state index in [0.29, 0.717) is 0 Å². The zero-order chi connectivity index (χ0) is 8.27. The van der Waals surface area contributed by atoms with Gasteiger partial charge in [-0.3, -0.25) is 9.69 Å². The molecule has 0 unspecified atom stereocenters. The second kappa shape index (κ2) is 3.72. The van der Waals surface area contributed by atoms with Crippen LogP contribution in [0.5, 0.6) is 0 Å². The maximum absolute atomic E-state index is 10.5. The fraction of sp³-hybridized carbons (Fsp3) is 0.875. The fourth-order valence-corrected chi connectivity index (χ4v) is 1.35. The van der Waals surface area contributed by atoms with E-state index in [1.807, 2.05) is 4.90 Å². The van der Waals surface area contributed by atoms with Gasteiger partial charge in [0.05, 0.1) is 0 Å². The van der Waals surface area contributed by atoms with Crippen molar-refractivity contribution in [3.63, 3.8) is 0 Å². The molecule has 0 radical (unpaired) electrons. The maximum Gasteiger partial charge on any atom is 0.320 e. The largest absolute Gasteiger partial charge is 0.480 e. The summed E-state index contributed by atoms with van der Waals surface area (Å²) in [5, 5.41) is 8.66. The van der Waals surface area contributed by atoms with Crippen LogP contribution in [0.4, 0.5) is 0 Å². The number of rotatable bonds is 4. The molecule has 1 N–H and O–H groups in total. The predicted octanol–water partition coefficient (Wildman–Crippen LogP) is 0.945. The SMILES string of the molecule is CCCCN1CC[C@H]1C(=O)O. The van der Waals surface area contributed by atoms with Crippen LogP contribution in [0.15, 0.2) is 0 Å². The quantitative estimate of drug-likeness (QED) is 0.660. The summed E-state index contributed by atoms with van der Waals surface area (Å²) in [6.07, 6.45) is 3.09. The molecule has 0 aromatic carbocycles. The van der Waals surface area contributed by atoms with Crippen LogP contribution >= 0.6 is 0 Å². The smallest absolute Gasteiger partial charge is 0.320 e. The number of unbranched alkanes of at least 4 members (excludes halogenated alkanes) is 1. The van der Waals surface area contributed by atoms with E-state index in [4.69, 9.17) is 5.11 Å². The third-order valence-corrected chi connectivity index (χ3v) is 2.21. The Morgan fingerprint density at radius 3 is 2.82 bits per heavy atom. The molecule has 1 rings (SSSR count). The molecule has 0 aromatic rings. The van der Waals surface area contributed by atoms with Gasteiger partial charge in [0.25, 0.3) is 0 Å². The Labute approximate surface area is 67.0 Å². The Morgan fingerprint density at radius 2 is 2.45 bits per heavy atom. The van der Waals surface area contributed by atoms with Gasteiger partial charge in [-0.05, 0) is 19.4 Å². The lowest BCUT2D eigenvalue weighted by Gasteiger charge is -2.37. The average Bonchev–Trinajstić information content (AvgIpc) is 1.84. The lowest BCUT2D eigenvalue weighted by molar-refractivity contribution is -0.148. The van der Waals surface area contributed by atoms with Crippen LogP contribution in [0.2, 0.25) is 0 Å². The van der Waals surface area contributed by atoms with Crippen molar-refractivity contribution in [1.29, 1.82) is 0 Å². The molecule has 11 heavy (non-hydrogen) atoms. The van der Waals surface area contributed by atoms with Gasteiger partial charge in [-0.1, -0.05) is 13.3 Å². The Hall–Kier alpha value is -0.570. The number of aliphatic carboxylic acids is 1. The standard InChI is InChI=1S/C8H15NO2/c1-2-3-5-9-6-4-7(9)8(10)11/h7H,2-6H2,1H3,(H,10,11)/t7-/m0/s1.